The summed E-state index contributed by atoms with van der Waals surface area (Å²) in [5.41, 5.74) is 1.08. The molecule has 5 nitrogen and oxygen atoms in total. The number of aromatic nitrogens is 1. The van der Waals surface area contributed by atoms with E-state index >= 15 is 0 Å². The minimum atomic E-state index is -0.199. The zero-order valence-corrected chi connectivity index (χ0v) is 13.5. The first-order valence-electron chi connectivity index (χ1n) is 7.71. The second kappa shape index (κ2) is 6.42. The van der Waals surface area contributed by atoms with Crippen molar-refractivity contribution in [1.29, 1.82) is 0 Å². The van der Waals surface area contributed by atoms with Crippen LogP contribution in [0, 0.1) is 6.92 Å². The van der Waals surface area contributed by atoms with E-state index < -0.39 is 0 Å². The maximum atomic E-state index is 12.7. The molecule has 0 aliphatic carbocycles. The van der Waals surface area contributed by atoms with Crippen LogP contribution < -0.4 is 5.32 Å². The Morgan fingerprint density at radius 2 is 2.43 bits per heavy atom. The number of amides is 1. The Hall–Kier alpha value is -0.980. The van der Waals surface area contributed by atoms with Crippen molar-refractivity contribution in [3.63, 3.8) is 0 Å². The normalized spacial score (nSPS) is 30.4. The lowest BCUT2D eigenvalue weighted by molar-refractivity contribution is -0.140. The molecule has 2 saturated heterocycles. The average Bonchev–Trinajstić information content (AvgIpc) is 2.94. The van der Waals surface area contributed by atoms with Crippen LogP contribution in [0.15, 0.2) is 5.38 Å². The number of aryl methyl sites for hydroxylation is 1. The highest BCUT2D eigenvalue weighted by Crippen LogP contribution is 2.29. The molecule has 2 aliphatic heterocycles. The number of nitrogens with zero attached hydrogens (tertiary/aromatic N) is 2. The zero-order chi connectivity index (χ0) is 14.8. The van der Waals surface area contributed by atoms with Gasteiger partial charge in [-0.2, -0.15) is 0 Å². The predicted octanol–water partition coefficient (Wildman–Crippen LogP) is 1.53. The lowest BCUT2D eigenvalue weighted by atomic mass is 9.97. The van der Waals surface area contributed by atoms with E-state index in [1.165, 1.54) is 5.01 Å². The average molecular weight is 309 g/mol. The molecule has 1 aromatic rings. The van der Waals surface area contributed by atoms with Gasteiger partial charge >= 0.3 is 0 Å². The Kier molecular flexibility index (Phi) is 4.57. The summed E-state index contributed by atoms with van der Waals surface area (Å²) in [6, 6.07) is -0.199. The summed E-state index contributed by atoms with van der Waals surface area (Å²) in [6.07, 6.45) is 2.13. The summed E-state index contributed by atoms with van der Waals surface area (Å²) in [4.78, 5) is 19.3. The van der Waals surface area contributed by atoms with Gasteiger partial charge in [-0.1, -0.05) is 0 Å². The number of rotatable bonds is 2. The van der Waals surface area contributed by atoms with Crippen LogP contribution in [0.25, 0.3) is 0 Å². The van der Waals surface area contributed by atoms with E-state index in [4.69, 9.17) is 4.74 Å². The topological polar surface area (TPSA) is 54.5 Å². The number of hydrogen-bond donors (Lipinski definition) is 1. The van der Waals surface area contributed by atoms with E-state index in [-0.39, 0.29) is 18.1 Å². The molecule has 1 aromatic heterocycles. The van der Waals surface area contributed by atoms with Gasteiger partial charge in [-0.05, 0) is 26.7 Å². The molecule has 6 heteroatoms. The van der Waals surface area contributed by atoms with Crippen LogP contribution in [-0.2, 0) is 9.53 Å². The van der Waals surface area contributed by atoms with Crippen molar-refractivity contribution in [3.05, 3.63) is 16.1 Å². The third kappa shape index (κ3) is 3.27. The molecule has 116 valence electrons. The number of ether oxygens (including phenoxy) is 1. The van der Waals surface area contributed by atoms with Crippen LogP contribution >= 0.6 is 11.3 Å². The summed E-state index contributed by atoms with van der Waals surface area (Å²) in [5.74, 6) is 0.571. The first-order chi connectivity index (χ1) is 10.1. The summed E-state index contributed by atoms with van der Waals surface area (Å²) >= 11 is 1.72. The molecule has 2 aliphatic rings. The van der Waals surface area contributed by atoms with Gasteiger partial charge in [-0.15, -0.1) is 11.3 Å². The second-order valence-electron chi connectivity index (χ2n) is 5.96. The van der Waals surface area contributed by atoms with Crippen LogP contribution in [0.2, 0.25) is 0 Å². The smallest absolute Gasteiger partial charge is 0.242 e. The van der Waals surface area contributed by atoms with Crippen LogP contribution in [0.3, 0.4) is 0 Å². The van der Waals surface area contributed by atoms with Gasteiger partial charge in [-0.3, -0.25) is 4.79 Å². The Morgan fingerprint density at radius 3 is 3.14 bits per heavy atom. The number of nitrogens with one attached hydrogen (secondary N) is 1. The van der Waals surface area contributed by atoms with Crippen molar-refractivity contribution >= 4 is 17.2 Å². The van der Waals surface area contributed by atoms with E-state index in [9.17, 15) is 4.79 Å². The molecule has 3 heterocycles. The van der Waals surface area contributed by atoms with Gasteiger partial charge < -0.3 is 15.0 Å². The van der Waals surface area contributed by atoms with Gasteiger partial charge in [0.15, 0.2) is 0 Å². The molecule has 3 rings (SSSR count). The highest BCUT2D eigenvalue weighted by molar-refractivity contribution is 7.09. The van der Waals surface area contributed by atoms with Gasteiger partial charge in [0, 0.05) is 36.6 Å². The van der Waals surface area contributed by atoms with Gasteiger partial charge in [-0.25, -0.2) is 4.98 Å². The van der Waals surface area contributed by atoms with E-state index in [0.29, 0.717) is 12.5 Å². The fourth-order valence-corrected chi connectivity index (χ4v) is 4.07. The molecule has 0 aromatic carbocycles. The predicted molar refractivity (Wildman–Crippen MR) is 82.6 cm³/mol. The molecule has 1 unspecified atom stereocenters. The third-order valence-corrected chi connectivity index (χ3v) is 5.43. The molecule has 1 N–H and O–H groups in total. The first-order valence-corrected chi connectivity index (χ1v) is 8.59. The fraction of sp³-hybridized carbons (Fsp3) is 0.733. The third-order valence-electron chi connectivity index (χ3n) is 4.30. The van der Waals surface area contributed by atoms with Gasteiger partial charge in [0.05, 0.1) is 17.7 Å². The van der Waals surface area contributed by atoms with Crippen LogP contribution in [0.1, 0.15) is 36.4 Å². The van der Waals surface area contributed by atoms with E-state index in [2.05, 4.69) is 15.7 Å². The maximum Gasteiger partial charge on any atom is 0.242 e. The first kappa shape index (κ1) is 14.9. The fourth-order valence-electron chi connectivity index (χ4n) is 3.14. The lowest BCUT2D eigenvalue weighted by Crippen LogP contribution is -2.57. The van der Waals surface area contributed by atoms with E-state index in [1.807, 2.05) is 18.7 Å². The van der Waals surface area contributed by atoms with Crippen LogP contribution in [-0.4, -0.2) is 54.2 Å². The molecule has 3 atom stereocenters. The molecule has 2 fully saturated rings. The van der Waals surface area contributed by atoms with Crippen LogP contribution in [0.4, 0.5) is 0 Å². The van der Waals surface area contributed by atoms with Crippen molar-refractivity contribution in [1.82, 2.24) is 15.2 Å². The minimum Gasteiger partial charge on any atom is -0.375 e. The maximum absolute atomic E-state index is 12.7. The van der Waals surface area contributed by atoms with Crippen LogP contribution in [0.5, 0.6) is 0 Å². The van der Waals surface area contributed by atoms with Gasteiger partial charge in [0.2, 0.25) is 5.91 Å². The highest BCUT2D eigenvalue weighted by Gasteiger charge is 2.34. The largest absolute Gasteiger partial charge is 0.375 e. The molecule has 0 radical (unpaired) electrons. The molecule has 1 amide bonds. The van der Waals surface area contributed by atoms with Crippen molar-refractivity contribution < 1.29 is 9.53 Å². The number of likely N-dealkylation sites (tertiary alicyclic amines) is 1. The van der Waals surface area contributed by atoms with Crippen molar-refractivity contribution in [2.75, 3.05) is 26.2 Å². The number of thiazole rings is 1. The van der Waals surface area contributed by atoms with Crippen molar-refractivity contribution in [2.45, 2.75) is 44.8 Å². The highest BCUT2D eigenvalue weighted by atomic mass is 32.1. The number of morpholine rings is 1. The second-order valence-corrected chi connectivity index (χ2v) is 6.85. The number of carbonyl (C=O) groups is 1. The molecule has 21 heavy (non-hydrogen) atoms. The summed E-state index contributed by atoms with van der Waals surface area (Å²) in [6.45, 7) is 7.08. The van der Waals surface area contributed by atoms with Gasteiger partial charge in [0.1, 0.15) is 6.04 Å². The Bertz CT molecular complexity index is 505. The SMILES string of the molecule is Cc1csc(C2CCCN(C(=O)[C@H]3NCCO[C@@H]3C)C2)n1. The minimum absolute atomic E-state index is 0.0475. The van der Waals surface area contributed by atoms with Crippen molar-refractivity contribution in [2.24, 2.45) is 0 Å². The quantitative estimate of drug-likeness (QED) is 0.900. The summed E-state index contributed by atoms with van der Waals surface area (Å²) in [5, 5.41) is 6.56. The zero-order valence-electron chi connectivity index (χ0n) is 12.7. The van der Waals surface area contributed by atoms with Gasteiger partial charge in [0.25, 0.3) is 0 Å². The molecule has 0 spiro atoms. The number of carbonyl (C=O) groups excluding carboxylic acids is 1. The Balaban J connectivity index is 1.66. The van der Waals surface area contributed by atoms with E-state index in [1.54, 1.807) is 11.3 Å². The molecular weight excluding hydrogens is 286 g/mol. The number of hydrogen-bond acceptors (Lipinski definition) is 5. The Morgan fingerprint density at radius 1 is 1.57 bits per heavy atom. The lowest BCUT2D eigenvalue weighted by Gasteiger charge is -2.37. The number of piperidine rings is 1. The summed E-state index contributed by atoms with van der Waals surface area (Å²) in [7, 11) is 0. The molecular formula is C15H23N3O2S. The van der Waals surface area contributed by atoms with Crippen molar-refractivity contribution in [3.8, 4) is 0 Å². The standard InChI is InChI=1S/C15H23N3O2S/c1-10-9-21-14(17-10)12-4-3-6-18(8-12)15(19)13-11(2)20-7-5-16-13/h9,11-13,16H,3-8H2,1-2H3/t11-,12?,13+/m1/s1. The summed E-state index contributed by atoms with van der Waals surface area (Å²) < 4.78 is 5.60. The monoisotopic (exact) mass is 309 g/mol. The molecule has 0 bridgehead atoms. The Labute approximate surface area is 129 Å². The van der Waals surface area contributed by atoms with E-state index in [0.717, 1.165) is 38.2 Å². The molecule has 0 saturated carbocycles.